The number of hydrogen-bond acceptors (Lipinski definition) is 4. The van der Waals surface area contributed by atoms with Gasteiger partial charge in [0.05, 0.1) is 16.4 Å². The van der Waals surface area contributed by atoms with Gasteiger partial charge in [0.25, 0.3) is 0 Å². The zero-order valence-corrected chi connectivity index (χ0v) is 13.5. The zero-order chi connectivity index (χ0) is 17.3. The summed E-state index contributed by atoms with van der Waals surface area (Å²) in [6, 6.07) is 10.9. The fraction of sp³-hybridized carbons (Fsp3) is 0.0667. The molecule has 9 heteroatoms. The molecule has 24 heavy (non-hydrogen) atoms. The van der Waals surface area contributed by atoms with Gasteiger partial charge < -0.3 is 5.73 Å². The van der Waals surface area contributed by atoms with Gasteiger partial charge in [0.1, 0.15) is 6.33 Å². The van der Waals surface area contributed by atoms with Crippen LogP contribution in [-0.4, -0.2) is 20.3 Å². The molecule has 0 saturated carbocycles. The Kier molecular flexibility index (Phi) is 4.42. The number of nitrogens with zero attached hydrogens (tertiary/aromatic N) is 3. The van der Waals surface area contributed by atoms with Gasteiger partial charge in [0, 0.05) is 10.5 Å². The lowest BCUT2D eigenvalue weighted by Crippen LogP contribution is -1.99. The van der Waals surface area contributed by atoms with E-state index in [9.17, 15) is 13.2 Å². The number of anilines is 1. The van der Waals surface area contributed by atoms with E-state index in [4.69, 9.17) is 17.3 Å². The molecule has 0 atom stereocenters. The summed E-state index contributed by atoms with van der Waals surface area (Å²) in [5.74, 6) is 0.436. The van der Waals surface area contributed by atoms with Crippen LogP contribution in [0.25, 0.3) is 17.1 Å². The van der Waals surface area contributed by atoms with E-state index in [-0.39, 0.29) is 16.7 Å². The smallest absolute Gasteiger partial charge is 0.398 e. The Morgan fingerprint density at radius 1 is 1.08 bits per heavy atom. The first kappa shape index (κ1) is 16.7. The van der Waals surface area contributed by atoms with E-state index in [1.807, 2.05) is 0 Å². The molecular formula is C15H10ClF3N4S. The molecule has 0 aliphatic rings. The first-order chi connectivity index (χ1) is 11.3. The van der Waals surface area contributed by atoms with Crippen molar-refractivity contribution in [1.82, 2.24) is 14.8 Å². The average Bonchev–Trinajstić information content (AvgIpc) is 2.99. The van der Waals surface area contributed by atoms with Gasteiger partial charge in [-0.05, 0) is 54.2 Å². The molecule has 0 amide bonds. The molecule has 0 saturated heterocycles. The maximum Gasteiger partial charge on any atom is 0.446 e. The Morgan fingerprint density at radius 3 is 2.42 bits per heavy atom. The van der Waals surface area contributed by atoms with E-state index in [1.165, 1.54) is 23.1 Å². The molecule has 2 aromatic carbocycles. The highest BCUT2D eigenvalue weighted by Gasteiger charge is 2.29. The van der Waals surface area contributed by atoms with E-state index in [2.05, 4.69) is 10.1 Å². The highest BCUT2D eigenvalue weighted by atomic mass is 35.5. The van der Waals surface area contributed by atoms with Crippen molar-refractivity contribution in [3.05, 3.63) is 53.8 Å². The third-order valence-corrected chi connectivity index (χ3v) is 4.15. The van der Waals surface area contributed by atoms with Gasteiger partial charge in [-0.15, -0.1) is 5.10 Å². The van der Waals surface area contributed by atoms with Crippen molar-refractivity contribution in [1.29, 1.82) is 0 Å². The summed E-state index contributed by atoms with van der Waals surface area (Å²) in [7, 11) is 0. The summed E-state index contributed by atoms with van der Waals surface area (Å²) >= 11 is 5.81. The quantitative estimate of drug-likeness (QED) is 0.532. The lowest BCUT2D eigenvalue weighted by Gasteiger charge is -2.06. The normalized spacial score (nSPS) is 11.7. The minimum atomic E-state index is -4.31. The van der Waals surface area contributed by atoms with Gasteiger partial charge in [0.2, 0.25) is 0 Å². The van der Waals surface area contributed by atoms with Gasteiger partial charge in [-0.25, -0.2) is 9.67 Å². The van der Waals surface area contributed by atoms with Crippen molar-refractivity contribution in [3.8, 4) is 17.1 Å². The van der Waals surface area contributed by atoms with E-state index in [1.54, 1.807) is 30.3 Å². The van der Waals surface area contributed by atoms with Crippen molar-refractivity contribution >= 4 is 29.1 Å². The van der Waals surface area contributed by atoms with Crippen molar-refractivity contribution in [2.75, 3.05) is 5.73 Å². The predicted molar refractivity (Wildman–Crippen MR) is 88.1 cm³/mol. The zero-order valence-electron chi connectivity index (χ0n) is 12.0. The largest absolute Gasteiger partial charge is 0.446 e. The Bertz CT molecular complexity index is 862. The van der Waals surface area contributed by atoms with Gasteiger partial charge in [-0.3, -0.25) is 0 Å². The summed E-state index contributed by atoms with van der Waals surface area (Å²) in [4.78, 5) is 4.29. The molecule has 0 aliphatic heterocycles. The van der Waals surface area contributed by atoms with Crippen molar-refractivity contribution in [2.24, 2.45) is 0 Å². The molecule has 2 N–H and O–H groups in total. The van der Waals surface area contributed by atoms with Crippen LogP contribution < -0.4 is 5.73 Å². The Labute approximate surface area is 144 Å². The monoisotopic (exact) mass is 370 g/mol. The van der Waals surface area contributed by atoms with Crippen LogP contribution in [0.15, 0.2) is 53.7 Å². The maximum atomic E-state index is 12.3. The van der Waals surface area contributed by atoms with Crippen LogP contribution in [0, 0.1) is 0 Å². The maximum absolute atomic E-state index is 12.3. The molecule has 1 aromatic heterocycles. The molecule has 124 valence electrons. The number of benzene rings is 2. The number of aromatic nitrogens is 3. The number of nitrogens with two attached hydrogens (primary N) is 1. The molecule has 3 rings (SSSR count). The van der Waals surface area contributed by atoms with Crippen LogP contribution in [0.5, 0.6) is 0 Å². The minimum Gasteiger partial charge on any atom is -0.398 e. The van der Waals surface area contributed by atoms with Crippen LogP contribution in [0.1, 0.15) is 0 Å². The third kappa shape index (κ3) is 3.82. The first-order valence-electron chi connectivity index (χ1n) is 6.65. The first-order valence-corrected chi connectivity index (χ1v) is 7.84. The highest BCUT2D eigenvalue weighted by Crippen LogP contribution is 2.36. The molecule has 0 bridgehead atoms. The molecule has 3 aromatic rings. The topological polar surface area (TPSA) is 56.7 Å². The molecule has 4 nitrogen and oxygen atoms in total. The van der Waals surface area contributed by atoms with Gasteiger partial charge in [0.15, 0.2) is 5.82 Å². The summed E-state index contributed by atoms with van der Waals surface area (Å²) in [6.07, 6.45) is 1.48. The lowest BCUT2D eigenvalue weighted by atomic mass is 10.2. The number of rotatable bonds is 3. The lowest BCUT2D eigenvalue weighted by molar-refractivity contribution is -0.0328. The van der Waals surface area contributed by atoms with Crippen LogP contribution in [-0.2, 0) is 0 Å². The van der Waals surface area contributed by atoms with E-state index < -0.39 is 5.51 Å². The standard InChI is InChI=1S/C15H10ClF3N4S/c16-12-7-9(1-6-13(12)20)14-21-8-23(22-14)10-2-4-11(5-3-10)24-15(17,18)19/h1-8H,20H2. The second-order valence-electron chi connectivity index (χ2n) is 4.79. The number of halogens is 4. The number of thioether (sulfide) groups is 1. The molecule has 0 spiro atoms. The Morgan fingerprint density at radius 2 is 1.79 bits per heavy atom. The molecule has 0 unspecified atom stereocenters. The number of nitrogen functional groups attached to an aromatic ring is 1. The Balaban J connectivity index is 1.84. The van der Waals surface area contributed by atoms with Crippen LogP contribution in [0.3, 0.4) is 0 Å². The van der Waals surface area contributed by atoms with Crippen molar-refractivity contribution < 1.29 is 13.2 Å². The molecule has 1 heterocycles. The molecule has 0 radical (unpaired) electrons. The molecular weight excluding hydrogens is 361 g/mol. The van der Waals surface area contributed by atoms with Crippen LogP contribution in [0.2, 0.25) is 5.02 Å². The Hall–Kier alpha value is -2.19. The molecule has 0 aliphatic carbocycles. The molecule has 0 fully saturated rings. The van der Waals surface area contributed by atoms with E-state index >= 15 is 0 Å². The second kappa shape index (κ2) is 6.37. The van der Waals surface area contributed by atoms with E-state index in [0.717, 1.165) is 0 Å². The number of alkyl halides is 3. The SMILES string of the molecule is Nc1ccc(-c2ncn(-c3ccc(SC(F)(F)F)cc3)n2)cc1Cl. The average molecular weight is 371 g/mol. The fourth-order valence-electron chi connectivity index (χ4n) is 1.99. The van der Waals surface area contributed by atoms with Gasteiger partial charge in [-0.1, -0.05) is 11.6 Å². The second-order valence-corrected chi connectivity index (χ2v) is 6.34. The summed E-state index contributed by atoms with van der Waals surface area (Å²) in [5, 5.41) is 4.70. The van der Waals surface area contributed by atoms with Crippen LogP contribution in [0.4, 0.5) is 18.9 Å². The van der Waals surface area contributed by atoms with E-state index in [0.29, 0.717) is 27.8 Å². The van der Waals surface area contributed by atoms with Crippen molar-refractivity contribution in [3.63, 3.8) is 0 Å². The van der Waals surface area contributed by atoms with Crippen molar-refractivity contribution in [2.45, 2.75) is 10.4 Å². The van der Waals surface area contributed by atoms with Gasteiger partial charge >= 0.3 is 5.51 Å². The summed E-state index contributed by atoms with van der Waals surface area (Å²) in [6.45, 7) is 0. The third-order valence-electron chi connectivity index (χ3n) is 3.09. The predicted octanol–water partition coefficient (Wildman–Crippen LogP) is 4.78. The van der Waals surface area contributed by atoms with Gasteiger partial charge in [-0.2, -0.15) is 13.2 Å². The van der Waals surface area contributed by atoms with Crippen LogP contribution >= 0.6 is 23.4 Å². The minimum absolute atomic E-state index is 0.108. The number of hydrogen-bond donors (Lipinski definition) is 1. The summed E-state index contributed by atoms with van der Waals surface area (Å²) < 4.78 is 38.5. The fourth-order valence-corrected chi connectivity index (χ4v) is 2.71. The highest BCUT2D eigenvalue weighted by molar-refractivity contribution is 8.00. The summed E-state index contributed by atoms with van der Waals surface area (Å²) in [5.41, 5.74) is 3.10.